The van der Waals surface area contributed by atoms with Crippen molar-refractivity contribution in [2.45, 2.75) is 45.6 Å². The Balaban J connectivity index is 2.67. The molecule has 0 amide bonds. The molecule has 0 saturated heterocycles. The lowest BCUT2D eigenvalue weighted by molar-refractivity contribution is 0.400. The van der Waals surface area contributed by atoms with Crippen molar-refractivity contribution in [2.24, 2.45) is 5.73 Å². The molecule has 0 heterocycles. The Hall–Kier alpha value is -1.06. The van der Waals surface area contributed by atoms with Crippen molar-refractivity contribution in [1.29, 1.82) is 0 Å². The summed E-state index contributed by atoms with van der Waals surface area (Å²) < 4.78 is 5.41. The van der Waals surface area contributed by atoms with Gasteiger partial charge in [-0.25, -0.2) is 0 Å². The largest absolute Gasteiger partial charge is 0.496 e. The summed E-state index contributed by atoms with van der Waals surface area (Å²) in [4.78, 5) is 0. The Labute approximate surface area is 117 Å². The van der Waals surface area contributed by atoms with E-state index in [1.54, 1.807) is 7.11 Å². The highest BCUT2D eigenvalue weighted by atomic mass is 16.5. The molecule has 0 bridgehead atoms. The SMILES string of the molecule is COc1ccc(CCNC(C)(C)CN)cc1C(C)C. The minimum Gasteiger partial charge on any atom is -0.496 e. The van der Waals surface area contributed by atoms with Crippen LogP contribution in [-0.2, 0) is 6.42 Å². The van der Waals surface area contributed by atoms with E-state index in [-0.39, 0.29) is 5.54 Å². The van der Waals surface area contributed by atoms with Gasteiger partial charge in [-0.15, -0.1) is 0 Å². The van der Waals surface area contributed by atoms with Crippen LogP contribution in [-0.4, -0.2) is 25.7 Å². The number of hydrogen-bond acceptors (Lipinski definition) is 3. The molecule has 3 N–H and O–H groups in total. The van der Waals surface area contributed by atoms with Gasteiger partial charge in [0.05, 0.1) is 7.11 Å². The summed E-state index contributed by atoms with van der Waals surface area (Å²) in [7, 11) is 1.73. The Morgan fingerprint density at radius 1 is 1.32 bits per heavy atom. The van der Waals surface area contributed by atoms with E-state index in [2.05, 4.69) is 51.2 Å². The summed E-state index contributed by atoms with van der Waals surface area (Å²) in [5.74, 6) is 1.46. The summed E-state index contributed by atoms with van der Waals surface area (Å²) in [6.07, 6.45) is 1.01. The lowest BCUT2D eigenvalue weighted by Gasteiger charge is -2.24. The Kier molecular flexibility index (Phi) is 5.83. The predicted octanol–water partition coefficient (Wildman–Crippen LogP) is 2.69. The van der Waals surface area contributed by atoms with Crippen LogP contribution in [0.4, 0.5) is 0 Å². The number of rotatable bonds is 7. The molecular weight excluding hydrogens is 236 g/mol. The van der Waals surface area contributed by atoms with Crippen LogP contribution in [0, 0.1) is 0 Å². The lowest BCUT2D eigenvalue weighted by Crippen LogP contribution is -2.46. The van der Waals surface area contributed by atoms with Crippen LogP contribution in [0.1, 0.15) is 44.7 Å². The van der Waals surface area contributed by atoms with E-state index < -0.39 is 0 Å². The first-order valence-electron chi connectivity index (χ1n) is 7.01. The second kappa shape index (κ2) is 6.92. The molecule has 1 rings (SSSR count). The lowest BCUT2D eigenvalue weighted by atomic mass is 9.98. The van der Waals surface area contributed by atoms with Crippen molar-refractivity contribution in [3.63, 3.8) is 0 Å². The van der Waals surface area contributed by atoms with Crippen LogP contribution < -0.4 is 15.8 Å². The molecule has 1 aromatic carbocycles. The quantitative estimate of drug-likeness (QED) is 0.796. The molecule has 108 valence electrons. The Bertz CT molecular complexity index is 400. The summed E-state index contributed by atoms with van der Waals surface area (Å²) in [6, 6.07) is 6.46. The minimum atomic E-state index is 0.00729. The monoisotopic (exact) mass is 264 g/mol. The van der Waals surface area contributed by atoms with Crippen LogP contribution in [0.25, 0.3) is 0 Å². The maximum Gasteiger partial charge on any atom is 0.122 e. The van der Waals surface area contributed by atoms with E-state index in [4.69, 9.17) is 10.5 Å². The summed E-state index contributed by atoms with van der Waals surface area (Å²) in [6.45, 7) is 10.2. The van der Waals surface area contributed by atoms with Crippen LogP contribution in [0.2, 0.25) is 0 Å². The number of ether oxygens (including phenoxy) is 1. The van der Waals surface area contributed by atoms with Crippen molar-refractivity contribution in [3.8, 4) is 5.75 Å². The molecule has 0 saturated carbocycles. The van der Waals surface area contributed by atoms with Gasteiger partial charge in [0.2, 0.25) is 0 Å². The van der Waals surface area contributed by atoms with E-state index in [0.717, 1.165) is 18.7 Å². The normalized spacial score (nSPS) is 11.9. The van der Waals surface area contributed by atoms with Crippen molar-refractivity contribution in [3.05, 3.63) is 29.3 Å². The van der Waals surface area contributed by atoms with Gasteiger partial charge in [-0.3, -0.25) is 0 Å². The van der Waals surface area contributed by atoms with Gasteiger partial charge >= 0.3 is 0 Å². The van der Waals surface area contributed by atoms with Crippen LogP contribution in [0.5, 0.6) is 5.75 Å². The third kappa shape index (κ3) is 4.84. The van der Waals surface area contributed by atoms with Crippen molar-refractivity contribution >= 4 is 0 Å². The molecular formula is C16H28N2O. The Morgan fingerprint density at radius 3 is 2.53 bits per heavy atom. The third-order valence-corrected chi connectivity index (χ3v) is 3.44. The summed E-state index contributed by atoms with van der Waals surface area (Å²) in [5, 5.41) is 3.48. The van der Waals surface area contributed by atoms with Gasteiger partial charge in [-0.1, -0.05) is 26.0 Å². The topological polar surface area (TPSA) is 47.3 Å². The van der Waals surface area contributed by atoms with Gasteiger partial charge in [-0.2, -0.15) is 0 Å². The summed E-state index contributed by atoms with van der Waals surface area (Å²) >= 11 is 0. The fraction of sp³-hybridized carbons (Fsp3) is 0.625. The van der Waals surface area contributed by atoms with Gasteiger partial charge in [0.15, 0.2) is 0 Å². The molecule has 0 radical (unpaired) electrons. The highest BCUT2D eigenvalue weighted by molar-refractivity contribution is 5.39. The number of nitrogens with one attached hydrogen (secondary N) is 1. The van der Waals surface area contributed by atoms with Gasteiger partial charge in [0.1, 0.15) is 5.75 Å². The highest BCUT2D eigenvalue weighted by Crippen LogP contribution is 2.27. The maximum atomic E-state index is 5.71. The van der Waals surface area contributed by atoms with Gasteiger partial charge < -0.3 is 15.8 Å². The first-order valence-corrected chi connectivity index (χ1v) is 7.01. The molecule has 0 fully saturated rings. The zero-order valence-electron chi connectivity index (χ0n) is 12.9. The third-order valence-electron chi connectivity index (χ3n) is 3.44. The smallest absolute Gasteiger partial charge is 0.122 e. The number of methoxy groups -OCH3 is 1. The average Bonchev–Trinajstić information content (AvgIpc) is 2.38. The highest BCUT2D eigenvalue weighted by Gasteiger charge is 2.14. The molecule has 0 spiro atoms. The van der Waals surface area contributed by atoms with E-state index in [9.17, 15) is 0 Å². The van der Waals surface area contributed by atoms with Gasteiger partial charge in [-0.05, 0) is 49.9 Å². The molecule has 0 aromatic heterocycles. The van der Waals surface area contributed by atoms with Crippen LogP contribution in [0.3, 0.4) is 0 Å². The molecule has 3 nitrogen and oxygen atoms in total. The van der Waals surface area contributed by atoms with Crippen LogP contribution in [0.15, 0.2) is 18.2 Å². The zero-order valence-corrected chi connectivity index (χ0v) is 12.9. The average molecular weight is 264 g/mol. The van der Waals surface area contributed by atoms with Crippen molar-refractivity contribution in [1.82, 2.24) is 5.32 Å². The molecule has 0 atom stereocenters. The van der Waals surface area contributed by atoms with E-state index in [1.165, 1.54) is 11.1 Å². The zero-order chi connectivity index (χ0) is 14.5. The number of nitrogens with two attached hydrogens (primary N) is 1. The predicted molar refractivity (Wildman–Crippen MR) is 81.9 cm³/mol. The second-order valence-corrected chi connectivity index (χ2v) is 6.00. The van der Waals surface area contributed by atoms with E-state index >= 15 is 0 Å². The number of benzene rings is 1. The molecule has 0 unspecified atom stereocenters. The molecule has 0 aliphatic heterocycles. The molecule has 0 aliphatic rings. The number of hydrogen-bond donors (Lipinski definition) is 2. The van der Waals surface area contributed by atoms with E-state index in [1.807, 2.05) is 0 Å². The second-order valence-electron chi connectivity index (χ2n) is 6.00. The Morgan fingerprint density at radius 2 is 2.00 bits per heavy atom. The minimum absolute atomic E-state index is 0.00729. The fourth-order valence-electron chi connectivity index (χ4n) is 2.01. The molecule has 3 heteroatoms. The van der Waals surface area contributed by atoms with Crippen molar-refractivity contribution < 1.29 is 4.74 Å². The maximum absolute atomic E-state index is 5.71. The van der Waals surface area contributed by atoms with Gasteiger partial charge in [0, 0.05) is 12.1 Å². The molecule has 1 aromatic rings. The standard InChI is InChI=1S/C16H28N2O/c1-12(2)14-10-13(6-7-15(14)19-5)8-9-18-16(3,4)11-17/h6-7,10,12,18H,8-9,11,17H2,1-5H3. The molecule has 19 heavy (non-hydrogen) atoms. The first-order chi connectivity index (χ1) is 8.89. The van der Waals surface area contributed by atoms with Crippen LogP contribution >= 0.6 is 0 Å². The van der Waals surface area contributed by atoms with Crippen molar-refractivity contribution in [2.75, 3.05) is 20.2 Å². The summed E-state index contributed by atoms with van der Waals surface area (Å²) in [5.41, 5.74) is 8.33. The first kappa shape index (κ1) is 16.0. The molecule has 0 aliphatic carbocycles. The fourth-order valence-corrected chi connectivity index (χ4v) is 2.01. The van der Waals surface area contributed by atoms with Gasteiger partial charge in [0.25, 0.3) is 0 Å². The van der Waals surface area contributed by atoms with E-state index in [0.29, 0.717) is 12.5 Å².